The van der Waals surface area contributed by atoms with Crippen LogP contribution in [0, 0.1) is 0 Å². The Morgan fingerprint density at radius 1 is 0.640 bits per heavy atom. The van der Waals surface area contributed by atoms with Gasteiger partial charge in [-0.05, 0) is 13.3 Å². The number of hydrogen-bond acceptors (Lipinski definition) is 3. The zero-order valence-corrected chi connectivity index (χ0v) is 18.9. The van der Waals surface area contributed by atoms with Crippen LogP contribution in [0.15, 0.2) is 0 Å². The second kappa shape index (κ2) is 17.5. The Kier molecular flexibility index (Phi) is 17.6. The summed E-state index contributed by atoms with van der Waals surface area (Å²) in [6, 6.07) is 0. The first-order valence-electron chi connectivity index (χ1n) is 10.9. The van der Waals surface area contributed by atoms with Gasteiger partial charge in [0, 0.05) is 26.9 Å². The van der Waals surface area contributed by atoms with Crippen molar-refractivity contribution in [3.05, 3.63) is 0 Å². The molecule has 0 saturated carbocycles. The average Bonchev–Trinajstić information content (AvgIpc) is 2.61. The Hall–Kier alpha value is 0.0969. The van der Waals surface area contributed by atoms with Crippen molar-refractivity contribution < 1.29 is 13.3 Å². The summed E-state index contributed by atoms with van der Waals surface area (Å²) in [5.41, 5.74) is 0. The van der Waals surface area contributed by atoms with Crippen molar-refractivity contribution in [1.82, 2.24) is 0 Å². The molecule has 0 radical (unpaired) electrons. The van der Waals surface area contributed by atoms with Gasteiger partial charge in [0.25, 0.3) is 0 Å². The fourth-order valence-corrected chi connectivity index (χ4v) is 4.44. The maximum atomic E-state index is 5.94. The van der Waals surface area contributed by atoms with E-state index in [1.807, 2.05) is 6.55 Å². The highest BCUT2D eigenvalue weighted by Crippen LogP contribution is 2.16. The van der Waals surface area contributed by atoms with Gasteiger partial charge in [-0.25, -0.2) is 0 Å². The van der Waals surface area contributed by atoms with E-state index in [1.54, 1.807) is 14.2 Å². The molecule has 0 bridgehead atoms. The van der Waals surface area contributed by atoms with Crippen molar-refractivity contribution in [2.24, 2.45) is 0 Å². The molecule has 4 heteroatoms. The summed E-state index contributed by atoms with van der Waals surface area (Å²) < 4.78 is 16.7. The molecule has 0 aromatic heterocycles. The standard InChI is InChI=1S/C21H46O3Si/c1-6-7-8-9-10-11-12-13-14-15-16-17-18-19-20-21(2)24-25(5,22-3)23-4/h21H,6-20H2,1-5H3. The second-order valence-electron chi connectivity index (χ2n) is 7.58. The van der Waals surface area contributed by atoms with E-state index in [9.17, 15) is 0 Å². The summed E-state index contributed by atoms with van der Waals surface area (Å²) in [4.78, 5) is 0. The summed E-state index contributed by atoms with van der Waals surface area (Å²) in [7, 11) is 0.983. The fraction of sp³-hybridized carbons (Fsp3) is 1.00. The maximum absolute atomic E-state index is 5.94. The van der Waals surface area contributed by atoms with Crippen molar-refractivity contribution in [2.45, 2.75) is 123 Å². The molecular formula is C21H46O3Si. The van der Waals surface area contributed by atoms with E-state index in [0.29, 0.717) is 0 Å². The van der Waals surface area contributed by atoms with Crippen LogP contribution >= 0.6 is 0 Å². The minimum atomic E-state index is -2.37. The molecule has 0 rings (SSSR count). The minimum Gasteiger partial charge on any atom is -0.377 e. The monoisotopic (exact) mass is 374 g/mol. The first-order chi connectivity index (χ1) is 12.1. The van der Waals surface area contributed by atoms with Gasteiger partial charge in [0.05, 0.1) is 0 Å². The summed E-state index contributed by atoms with van der Waals surface area (Å²) in [6.07, 6.45) is 21.0. The maximum Gasteiger partial charge on any atom is 0.497 e. The molecular weight excluding hydrogens is 328 g/mol. The molecule has 25 heavy (non-hydrogen) atoms. The van der Waals surface area contributed by atoms with Crippen LogP contribution in [-0.2, 0) is 13.3 Å². The van der Waals surface area contributed by atoms with Gasteiger partial charge < -0.3 is 13.3 Å². The quantitative estimate of drug-likeness (QED) is 0.178. The van der Waals surface area contributed by atoms with E-state index in [-0.39, 0.29) is 6.10 Å². The van der Waals surface area contributed by atoms with Gasteiger partial charge in [-0.1, -0.05) is 96.8 Å². The molecule has 152 valence electrons. The first kappa shape index (κ1) is 25.1. The van der Waals surface area contributed by atoms with Crippen molar-refractivity contribution in [3.63, 3.8) is 0 Å². The Bertz CT molecular complexity index is 270. The molecule has 1 atom stereocenters. The Morgan fingerprint density at radius 3 is 1.36 bits per heavy atom. The topological polar surface area (TPSA) is 27.7 Å². The molecule has 0 N–H and O–H groups in total. The highest BCUT2D eigenvalue weighted by molar-refractivity contribution is 6.59. The molecule has 3 nitrogen and oxygen atoms in total. The van der Waals surface area contributed by atoms with E-state index in [1.165, 1.54) is 89.9 Å². The molecule has 0 heterocycles. The molecule has 0 aliphatic carbocycles. The molecule has 0 aliphatic rings. The first-order valence-corrected chi connectivity index (χ1v) is 13.1. The van der Waals surface area contributed by atoms with Crippen molar-refractivity contribution in [2.75, 3.05) is 14.2 Å². The van der Waals surface area contributed by atoms with Crippen LogP contribution in [0.1, 0.15) is 110 Å². The molecule has 0 aliphatic heterocycles. The van der Waals surface area contributed by atoms with E-state index in [2.05, 4.69) is 13.8 Å². The number of rotatable bonds is 19. The van der Waals surface area contributed by atoms with E-state index >= 15 is 0 Å². The van der Waals surface area contributed by atoms with Gasteiger partial charge in [-0.3, -0.25) is 0 Å². The summed E-state index contributed by atoms with van der Waals surface area (Å²) >= 11 is 0. The van der Waals surface area contributed by atoms with Gasteiger partial charge >= 0.3 is 8.80 Å². The van der Waals surface area contributed by atoms with E-state index < -0.39 is 8.80 Å². The summed E-state index contributed by atoms with van der Waals surface area (Å²) in [5.74, 6) is 0. The Balaban J connectivity index is 3.28. The lowest BCUT2D eigenvalue weighted by molar-refractivity contribution is 0.0641. The lowest BCUT2D eigenvalue weighted by Crippen LogP contribution is -2.42. The highest BCUT2D eigenvalue weighted by Gasteiger charge is 2.33. The predicted molar refractivity (Wildman–Crippen MR) is 111 cm³/mol. The van der Waals surface area contributed by atoms with Crippen molar-refractivity contribution in [3.8, 4) is 0 Å². The smallest absolute Gasteiger partial charge is 0.377 e. The third kappa shape index (κ3) is 16.0. The van der Waals surface area contributed by atoms with Crippen LogP contribution in [0.5, 0.6) is 0 Å². The summed E-state index contributed by atoms with van der Waals surface area (Å²) in [5, 5.41) is 0. The molecule has 0 amide bonds. The zero-order valence-electron chi connectivity index (χ0n) is 17.9. The lowest BCUT2D eigenvalue weighted by atomic mass is 10.0. The van der Waals surface area contributed by atoms with Crippen LogP contribution in [0.2, 0.25) is 6.55 Å². The average molecular weight is 375 g/mol. The minimum absolute atomic E-state index is 0.230. The third-order valence-corrected chi connectivity index (χ3v) is 7.43. The number of hydrogen-bond donors (Lipinski definition) is 0. The largest absolute Gasteiger partial charge is 0.497 e. The lowest BCUT2D eigenvalue weighted by Gasteiger charge is -2.26. The van der Waals surface area contributed by atoms with E-state index in [4.69, 9.17) is 13.3 Å². The predicted octanol–water partition coefficient (Wildman–Crippen LogP) is 7.12. The van der Waals surface area contributed by atoms with Gasteiger partial charge in [0.1, 0.15) is 0 Å². The van der Waals surface area contributed by atoms with Crippen molar-refractivity contribution >= 4 is 8.80 Å². The third-order valence-electron chi connectivity index (χ3n) is 5.12. The normalized spacial score (nSPS) is 13.3. The molecule has 0 aromatic rings. The van der Waals surface area contributed by atoms with E-state index in [0.717, 1.165) is 6.42 Å². The van der Waals surface area contributed by atoms with Crippen LogP contribution < -0.4 is 0 Å². The van der Waals surface area contributed by atoms with Crippen LogP contribution in [0.3, 0.4) is 0 Å². The number of unbranched alkanes of at least 4 members (excludes halogenated alkanes) is 13. The summed E-state index contributed by atoms with van der Waals surface area (Å²) in [6.45, 7) is 6.37. The van der Waals surface area contributed by atoms with Gasteiger partial charge in [-0.2, -0.15) is 0 Å². The molecule has 0 saturated heterocycles. The van der Waals surface area contributed by atoms with Gasteiger partial charge in [-0.15, -0.1) is 0 Å². The van der Waals surface area contributed by atoms with Crippen LogP contribution in [0.25, 0.3) is 0 Å². The molecule has 1 unspecified atom stereocenters. The van der Waals surface area contributed by atoms with Gasteiger partial charge in [0.15, 0.2) is 0 Å². The Morgan fingerprint density at radius 2 is 1.00 bits per heavy atom. The Labute approximate surface area is 159 Å². The molecule has 0 fully saturated rings. The fourth-order valence-electron chi connectivity index (χ4n) is 3.23. The SMILES string of the molecule is CCCCCCCCCCCCCCCCC(C)O[Si](C)(OC)OC. The van der Waals surface area contributed by atoms with Crippen molar-refractivity contribution in [1.29, 1.82) is 0 Å². The molecule has 0 aromatic carbocycles. The van der Waals surface area contributed by atoms with Crippen LogP contribution in [-0.4, -0.2) is 29.1 Å². The highest BCUT2D eigenvalue weighted by atomic mass is 28.4. The zero-order chi connectivity index (χ0) is 18.8. The van der Waals surface area contributed by atoms with Crippen LogP contribution in [0.4, 0.5) is 0 Å². The second-order valence-corrected chi connectivity index (χ2v) is 10.4. The molecule has 0 spiro atoms. The van der Waals surface area contributed by atoms with Gasteiger partial charge in [0.2, 0.25) is 0 Å².